The first-order valence-corrected chi connectivity index (χ1v) is 7.95. The predicted molar refractivity (Wildman–Crippen MR) is 85.0 cm³/mol. The van der Waals surface area contributed by atoms with Crippen LogP contribution in [0.2, 0.25) is 0 Å². The molecule has 1 heterocycles. The van der Waals surface area contributed by atoms with E-state index < -0.39 is 0 Å². The summed E-state index contributed by atoms with van der Waals surface area (Å²) in [5.41, 5.74) is 1.76. The van der Waals surface area contributed by atoms with Crippen LogP contribution in [-0.2, 0) is 0 Å². The molecule has 1 fully saturated rings. The molecular weight excluding hydrogens is 262 g/mol. The van der Waals surface area contributed by atoms with Crippen LogP contribution in [0.15, 0.2) is 24.4 Å². The molecule has 1 aromatic heterocycles. The Balaban J connectivity index is 1.92. The highest BCUT2D eigenvalue weighted by Gasteiger charge is 2.22. The molecule has 112 valence electrons. The molecule has 3 rings (SSSR count). The van der Waals surface area contributed by atoms with Crippen LogP contribution >= 0.6 is 0 Å². The maximum absolute atomic E-state index is 12.6. The third-order valence-electron chi connectivity index (χ3n) is 4.28. The SMILES string of the molecule is CC(C)Oc1cccc2[nH]cc(C(=O)CC3CCCC3)c12. The third-order valence-corrected chi connectivity index (χ3v) is 4.28. The molecule has 21 heavy (non-hydrogen) atoms. The highest BCUT2D eigenvalue weighted by atomic mass is 16.5. The molecule has 0 unspecified atom stereocenters. The Labute approximate surface area is 125 Å². The smallest absolute Gasteiger partial charge is 0.165 e. The van der Waals surface area contributed by atoms with Gasteiger partial charge >= 0.3 is 0 Å². The van der Waals surface area contributed by atoms with E-state index in [-0.39, 0.29) is 11.9 Å². The van der Waals surface area contributed by atoms with Crippen molar-refractivity contribution in [2.24, 2.45) is 5.92 Å². The van der Waals surface area contributed by atoms with Gasteiger partial charge in [-0.05, 0) is 31.9 Å². The van der Waals surface area contributed by atoms with Crippen LogP contribution in [0.25, 0.3) is 10.9 Å². The van der Waals surface area contributed by atoms with Gasteiger partial charge in [0.25, 0.3) is 0 Å². The number of benzene rings is 1. The second-order valence-electron chi connectivity index (χ2n) is 6.33. The largest absolute Gasteiger partial charge is 0.490 e. The number of hydrogen-bond donors (Lipinski definition) is 1. The molecule has 1 aromatic carbocycles. The Hall–Kier alpha value is -1.77. The summed E-state index contributed by atoms with van der Waals surface area (Å²) in [5, 5.41) is 0.939. The summed E-state index contributed by atoms with van der Waals surface area (Å²) in [5.74, 6) is 1.62. The highest BCUT2D eigenvalue weighted by Crippen LogP contribution is 2.33. The van der Waals surface area contributed by atoms with Crippen LogP contribution in [0.4, 0.5) is 0 Å². The Kier molecular flexibility index (Phi) is 4.00. The Morgan fingerprint density at radius 3 is 2.81 bits per heavy atom. The fourth-order valence-corrected chi connectivity index (χ4v) is 3.31. The Morgan fingerprint density at radius 1 is 1.33 bits per heavy atom. The fourth-order valence-electron chi connectivity index (χ4n) is 3.31. The second-order valence-corrected chi connectivity index (χ2v) is 6.33. The highest BCUT2D eigenvalue weighted by molar-refractivity contribution is 6.10. The first-order valence-electron chi connectivity index (χ1n) is 7.95. The minimum absolute atomic E-state index is 0.100. The van der Waals surface area contributed by atoms with Gasteiger partial charge in [0.2, 0.25) is 0 Å². The van der Waals surface area contributed by atoms with E-state index in [0.29, 0.717) is 12.3 Å². The van der Waals surface area contributed by atoms with Gasteiger partial charge in [0, 0.05) is 23.7 Å². The van der Waals surface area contributed by atoms with E-state index in [1.807, 2.05) is 38.2 Å². The molecule has 1 aliphatic carbocycles. The topological polar surface area (TPSA) is 42.1 Å². The lowest BCUT2D eigenvalue weighted by Crippen LogP contribution is -2.08. The molecule has 0 radical (unpaired) electrons. The molecular formula is C18H23NO2. The van der Waals surface area contributed by atoms with Crippen LogP contribution in [0, 0.1) is 5.92 Å². The summed E-state index contributed by atoms with van der Waals surface area (Å²) < 4.78 is 5.87. The predicted octanol–water partition coefficient (Wildman–Crippen LogP) is 4.72. The van der Waals surface area contributed by atoms with E-state index in [1.165, 1.54) is 25.7 Å². The molecule has 3 nitrogen and oxygen atoms in total. The van der Waals surface area contributed by atoms with E-state index >= 15 is 0 Å². The van der Waals surface area contributed by atoms with Crippen molar-refractivity contribution < 1.29 is 9.53 Å². The van der Waals surface area contributed by atoms with E-state index in [1.54, 1.807) is 0 Å². The van der Waals surface area contributed by atoms with Gasteiger partial charge in [0.05, 0.1) is 11.5 Å². The van der Waals surface area contributed by atoms with Crippen LogP contribution in [0.1, 0.15) is 56.3 Å². The Morgan fingerprint density at radius 2 is 2.10 bits per heavy atom. The maximum Gasteiger partial charge on any atom is 0.165 e. The number of ketones is 1. The number of aromatic nitrogens is 1. The third kappa shape index (κ3) is 2.97. The first kappa shape index (κ1) is 14.2. The molecule has 0 bridgehead atoms. The van der Waals surface area contributed by atoms with E-state index in [2.05, 4.69) is 4.98 Å². The molecule has 1 aliphatic rings. The number of H-pyrrole nitrogens is 1. The van der Waals surface area contributed by atoms with Crippen molar-refractivity contribution in [1.82, 2.24) is 4.98 Å². The molecule has 0 spiro atoms. The average molecular weight is 285 g/mol. The number of Topliss-reactive ketones (excluding diaryl/α,β-unsaturated/α-hetero) is 1. The summed E-state index contributed by atoms with van der Waals surface area (Å²) in [6, 6.07) is 5.90. The second kappa shape index (κ2) is 5.92. The molecule has 1 saturated carbocycles. The lowest BCUT2D eigenvalue weighted by Gasteiger charge is -2.12. The van der Waals surface area contributed by atoms with Gasteiger partial charge in [0.1, 0.15) is 5.75 Å². The van der Waals surface area contributed by atoms with Crippen molar-refractivity contribution in [3.63, 3.8) is 0 Å². The van der Waals surface area contributed by atoms with Crippen molar-refractivity contribution >= 4 is 16.7 Å². The van der Waals surface area contributed by atoms with Crippen molar-refractivity contribution in [3.8, 4) is 5.75 Å². The van der Waals surface area contributed by atoms with Gasteiger partial charge in [0.15, 0.2) is 5.78 Å². The summed E-state index contributed by atoms with van der Waals surface area (Å²) in [6.07, 6.45) is 7.55. The molecule has 0 atom stereocenters. The average Bonchev–Trinajstić information content (AvgIpc) is 3.07. The quantitative estimate of drug-likeness (QED) is 0.808. The summed E-state index contributed by atoms with van der Waals surface area (Å²) >= 11 is 0. The molecule has 3 heteroatoms. The van der Waals surface area contributed by atoms with Gasteiger partial charge < -0.3 is 9.72 Å². The number of carbonyl (C=O) groups is 1. The van der Waals surface area contributed by atoms with Gasteiger partial charge in [-0.15, -0.1) is 0 Å². The van der Waals surface area contributed by atoms with E-state index in [4.69, 9.17) is 4.74 Å². The zero-order chi connectivity index (χ0) is 14.8. The minimum Gasteiger partial charge on any atom is -0.490 e. The van der Waals surface area contributed by atoms with Crippen molar-refractivity contribution in [3.05, 3.63) is 30.0 Å². The standard InChI is InChI=1S/C18H23NO2/c1-12(2)21-17-9-5-8-15-18(17)14(11-19-15)16(20)10-13-6-3-4-7-13/h5,8-9,11-13,19H,3-4,6-7,10H2,1-2H3. The van der Waals surface area contributed by atoms with Gasteiger partial charge in [-0.1, -0.05) is 31.7 Å². The zero-order valence-electron chi connectivity index (χ0n) is 12.8. The molecule has 0 aliphatic heterocycles. The zero-order valence-corrected chi connectivity index (χ0v) is 12.8. The lowest BCUT2D eigenvalue weighted by atomic mass is 9.96. The Bertz CT molecular complexity index is 636. The summed E-state index contributed by atoms with van der Waals surface area (Å²) in [7, 11) is 0. The fraction of sp³-hybridized carbons (Fsp3) is 0.500. The minimum atomic E-state index is 0.100. The van der Waals surface area contributed by atoms with Crippen LogP contribution in [-0.4, -0.2) is 16.9 Å². The van der Waals surface area contributed by atoms with Crippen molar-refractivity contribution in [2.45, 2.75) is 52.1 Å². The van der Waals surface area contributed by atoms with E-state index in [0.717, 1.165) is 22.2 Å². The summed E-state index contributed by atoms with van der Waals surface area (Å²) in [6.45, 7) is 4.01. The maximum atomic E-state index is 12.6. The van der Waals surface area contributed by atoms with Gasteiger partial charge in [-0.3, -0.25) is 4.79 Å². The van der Waals surface area contributed by atoms with Crippen molar-refractivity contribution in [2.75, 3.05) is 0 Å². The van der Waals surface area contributed by atoms with Gasteiger partial charge in [-0.25, -0.2) is 0 Å². The molecule has 0 amide bonds. The number of rotatable bonds is 5. The molecule has 1 N–H and O–H groups in total. The number of nitrogens with one attached hydrogen (secondary N) is 1. The number of fused-ring (bicyclic) bond motifs is 1. The number of hydrogen-bond acceptors (Lipinski definition) is 2. The lowest BCUT2D eigenvalue weighted by molar-refractivity contribution is 0.0963. The van der Waals surface area contributed by atoms with E-state index in [9.17, 15) is 4.79 Å². The normalized spacial score (nSPS) is 16.0. The van der Waals surface area contributed by atoms with Crippen LogP contribution < -0.4 is 4.74 Å². The number of carbonyl (C=O) groups excluding carboxylic acids is 1. The summed E-state index contributed by atoms with van der Waals surface area (Å²) in [4.78, 5) is 15.8. The number of ether oxygens (including phenoxy) is 1. The number of aromatic amines is 1. The van der Waals surface area contributed by atoms with Crippen molar-refractivity contribution in [1.29, 1.82) is 0 Å². The molecule has 0 saturated heterocycles. The van der Waals surface area contributed by atoms with Crippen LogP contribution in [0.3, 0.4) is 0 Å². The van der Waals surface area contributed by atoms with Gasteiger partial charge in [-0.2, -0.15) is 0 Å². The molecule has 2 aromatic rings. The first-order chi connectivity index (χ1) is 10.1. The monoisotopic (exact) mass is 285 g/mol. The van der Waals surface area contributed by atoms with Crippen LogP contribution in [0.5, 0.6) is 5.75 Å².